The summed E-state index contributed by atoms with van der Waals surface area (Å²) in [5.41, 5.74) is 0. The average Bonchev–Trinajstić information content (AvgIpc) is 2.97. The van der Waals surface area contributed by atoms with Crippen LogP contribution in [0.4, 0.5) is 0 Å². The summed E-state index contributed by atoms with van der Waals surface area (Å²) in [4.78, 5) is 13.2. The van der Waals surface area contributed by atoms with Gasteiger partial charge < -0.3 is 10.2 Å². The van der Waals surface area contributed by atoms with E-state index in [9.17, 15) is 4.79 Å². The summed E-state index contributed by atoms with van der Waals surface area (Å²) in [5, 5.41) is 3.16. The first-order chi connectivity index (χ1) is 6.77. The Hall–Kier alpha value is -1.01. The quantitative estimate of drug-likeness (QED) is 0.623. The number of hydrogen-bond acceptors (Lipinski definition) is 2. The molecule has 3 heteroatoms. The maximum absolute atomic E-state index is 11.5. The molecule has 1 saturated carbocycles. The molecule has 0 atom stereocenters. The molecule has 0 saturated heterocycles. The van der Waals surface area contributed by atoms with E-state index in [0.717, 1.165) is 12.5 Å². The Morgan fingerprint density at radius 2 is 2.36 bits per heavy atom. The Bertz CT molecular complexity index is 228. The lowest BCUT2D eigenvalue weighted by Gasteiger charge is -2.18. The lowest BCUT2D eigenvalue weighted by Crippen LogP contribution is -2.38. The van der Waals surface area contributed by atoms with Crippen LogP contribution in [0, 0.1) is 18.3 Å². The van der Waals surface area contributed by atoms with Gasteiger partial charge in [0, 0.05) is 6.54 Å². The molecular formula is C11H18N2O. The summed E-state index contributed by atoms with van der Waals surface area (Å²) in [7, 11) is 0. The van der Waals surface area contributed by atoms with Crippen LogP contribution in [0.3, 0.4) is 0 Å². The number of rotatable bonds is 6. The number of nitrogens with zero attached hydrogens (tertiary/aromatic N) is 1. The maximum atomic E-state index is 11.5. The van der Waals surface area contributed by atoms with Crippen molar-refractivity contribution in [3.8, 4) is 12.3 Å². The maximum Gasteiger partial charge on any atom is 0.237 e. The Labute approximate surface area is 85.9 Å². The second-order valence-corrected chi connectivity index (χ2v) is 3.69. The molecule has 0 aromatic heterocycles. The van der Waals surface area contributed by atoms with E-state index in [0.29, 0.717) is 19.6 Å². The fraction of sp³-hybridized carbons (Fsp3) is 0.727. The predicted molar refractivity (Wildman–Crippen MR) is 56.7 cm³/mol. The van der Waals surface area contributed by atoms with Crippen molar-refractivity contribution < 1.29 is 4.79 Å². The van der Waals surface area contributed by atoms with Crippen LogP contribution < -0.4 is 5.32 Å². The van der Waals surface area contributed by atoms with Gasteiger partial charge in [0.05, 0.1) is 13.1 Å². The molecule has 3 nitrogen and oxygen atoms in total. The first kappa shape index (κ1) is 11.1. The molecule has 0 unspecified atom stereocenters. The molecule has 0 bridgehead atoms. The number of hydrogen-bond donors (Lipinski definition) is 1. The van der Waals surface area contributed by atoms with Gasteiger partial charge in [-0.1, -0.05) is 5.92 Å². The second kappa shape index (κ2) is 5.66. The molecule has 1 fully saturated rings. The van der Waals surface area contributed by atoms with Crippen molar-refractivity contribution >= 4 is 5.91 Å². The Morgan fingerprint density at radius 3 is 2.86 bits per heavy atom. The third-order valence-corrected chi connectivity index (χ3v) is 2.42. The van der Waals surface area contributed by atoms with Crippen molar-refractivity contribution in [2.45, 2.75) is 19.8 Å². The van der Waals surface area contributed by atoms with Crippen LogP contribution in [0.15, 0.2) is 0 Å². The molecule has 0 aromatic carbocycles. The van der Waals surface area contributed by atoms with E-state index in [1.54, 1.807) is 4.90 Å². The summed E-state index contributed by atoms with van der Waals surface area (Å²) in [5.74, 6) is 3.40. The lowest BCUT2D eigenvalue weighted by atomic mass is 10.4. The highest BCUT2D eigenvalue weighted by Crippen LogP contribution is 2.27. The van der Waals surface area contributed by atoms with Crippen LogP contribution in [0.1, 0.15) is 19.8 Å². The molecule has 14 heavy (non-hydrogen) atoms. The van der Waals surface area contributed by atoms with Crippen molar-refractivity contribution in [1.29, 1.82) is 0 Å². The predicted octanol–water partition coefficient (Wildman–Crippen LogP) is 0.468. The zero-order valence-corrected chi connectivity index (χ0v) is 8.75. The second-order valence-electron chi connectivity index (χ2n) is 3.69. The van der Waals surface area contributed by atoms with Crippen molar-refractivity contribution in [3.05, 3.63) is 0 Å². The smallest absolute Gasteiger partial charge is 0.237 e. The van der Waals surface area contributed by atoms with E-state index in [2.05, 4.69) is 11.2 Å². The first-order valence-electron chi connectivity index (χ1n) is 5.19. The molecule has 78 valence electrons. The average molecular weight is 194 g/mol. The number of nitrogens with one attached hydrogen (secondary N) is 1. The van der Waals surface area contributed by atoms with Gasteiger partial charge >= 0.3 is 0 Å². The van der Waals surface area contributed by atoms with E-state index in [4.69, 9.17) is 6.42 Å². The normalized spacial score (nSPS) is 14.9. The lowest BCUT2D eigenvalue weighted by molar-refractivity contribution is -0.129. The van der Waals surface area contributed by atoms with E-state index in [1.807, 2.05) is 6.92 Å². The fourth-order valence-corrected chi connectivity index (χ4v) is 1.30. The number of terminal acetylenes is 1. The third-order valence-electron chi connectivity index (χ3n) is 2.42. The fourth-order valence-electron chi connectivity index (χ4n) is 1.30. The Kier molecular flexibility index (Phi) is 4.48. The van der Waals surface area contributed by atoms with Gasteiger partial charge in [-0.2, -0.15) is 0 Å². The SMILES string of the molecule is C#CCN(CC)C(=O)CNCC1CC1. The van der Waals surface area contributed by atoms with Crippen LogP contribution in [0.25, 0.3) is 0 Å². The molecule has 0 heterocycles. The Balaban J connectivity index is 2.13. The molecular weight excluding hydrogens is 176 g/mol. The zero-order valence-electron chi connectivity index (χ0n) is 8.75. The minimum absolute atomic E-state index is 0.103. The van der Waals surface area contributed by atoms with Gasteiger partial charge in [-0.25, -0.2) is 0 Å². The summed E-state index contributed by atoms with van der Waals surface area (Å²) in [6.07, 6.45) is 7.78. The summed E-state index contributed by atoms with van der Waals surface area (Å²) >= 11 is 0. The molecule has 0 aromatic rings. The van der Waals surface area contributed by atoms with Crippen molar-refractivity contribution in [3.63, 3.8) is 0 Å². The van der Waals surface area contributed by atoms with Gasteiger partial charge in [-0.05, 0) is 32.2 Å². The highest BCUT2D eigenvalue weighted by molar-refractivity contribution is 5.78. The zero-order chi connectivity index (χ0) is 10.4. The van der Waals surface area contributed by atoms with E-state index >= 15 is 0 Å². The molecule has 0 aliphatic heterocycles. The molecule has 1 N–H and O–H groups in total. The minimum Gasteiger partial charge on any atom is -0.331 e. The molecule has 0 spiro atoms. The number of likely N-dealkylation sites (N-methyl/N-ethyl adjacent to an activating group) is 1. The van der Waals surface area contributed by atoms with Crippen LogP contribution in [-0.2, 0) is 4.79 Å². The summed E-state index contributed by atoms with van der Waals surface area (Å²) in [6.45, 7) is 4.44. The largest absolute Gasteiger partial charge is 0.331 e. The summed E-state index contributed by atoms with van der Waals surface area (Å²) < 4.78 is 0. The summed E-state index contributed by atoms with van der Waals surface area (Å²) in [6, 6.07) is 0. The van der Waals surface area contributed by atoms with Gasteiger partial charge in [-0.15, -0.1) is 6.42 Å². The standard InChI is InChI=1S/C11H18N2O/c1-3-7-13(4-2)11(14)9-12-8-10-5-6-10/h1,10,12H,4-9H2,2H3. The van der Waals surface area contributed by atoms with Crippen molar-refractivity contribution in [1.82, 2.24) is 10.2 Å². The van der Waals surface area contributed by atoms with Crippen LogP contribution >= 0.6 is 0 Å². The topological polar surface area (TPSA) is 32.3 Å². The third kappa shape index (κ3) is 3.80. The Morgan fingerprint density at radius 1 is 1.64 bits per heavy atom. The van der Waals surface area contributed by atoms with Gasteiger partial charge in [0.2, 0.25) is 5.91 Å². The van der Waals surface area contributed by atoms with Crippen LogP contribution in [-0.4, -0.2) is 37.0 Å². The monoisotopic (exact) mass is 194 g/mol. The number of carbonyl (C=O) groups is 1. The van der Waals surface area contributed by atoms with Gasteiger partial charge in [0.25, 0.3) is 0 Å². The molecule has 1 rings (SSSR count). The molecule has 1 amide bonds. The van der Waals surface area contributed by atoms with Gasteiger partial charge in [0.15, 0.2) is 0 Å². The van der Waals surface area contributed by atoms with Crippen molar-refractivity contribution in [2.24, 2.45) is 5.92 Å². The van der Waals surface area contributed by atoms with E-state index in [1.165, 1.54) is 12.8 Å². The highest BCUT2D eigenvalue weighted by Gasteiger charge is 2.21. The molecule has 1 aliphatic carbocycles. The van der Waals surface area contributed by atoms with Crippen molar-refractivity contribution in [2.75, 3.05) is 26.2 Å². The molecule has 0 radical (unpaired) electrons. The highest BCUT2D eigenvalue weighted by atomic mass is 16.2. The first-order valence-corrected chi connectivity index (χ1v) is 5.19. The van der Waals surface area contributed by atoms with Crippen LogP contribution in [0.5, 0.6) is 0 Å². The number of carbonyl (C=O) groups excluding carboxylic acids is 1. The minimum atomic E-state index is 0.103. The van der Waals surface area contributed by atoms with E-state index < -0.39 is 0 Å². The van der Waals surface area contributed by atoms with Crippen LogP contribution in [0.2, 0.25) is 0 Å². The molecule has 1 aliphatic rings. The van der Waals surface area contributed by atoms with Gasteiger partial charge in [0.1, 0.15) is 0 Å². The number of amides is 1. The van der Waals surface area contributed by atoms with E-state index in [-0.39, 0.29) is 5.91 Å². The van der Waals surface area contributed by atoms with Gasteiger partial charge in [-0.3, -0.25) is 4.79 Å².